The van der Waals surface area contributed by atoms with Crippen molar-refractivity contribution >= 4 is 91.9 Å². The van der Waals surface area contributed by atoms with Crippen LogP contribution in [0.25, 0.3) is 10.9 Å². The third-order valence-electron chi connectivity index (χ3n) is 6.02. The Morgan fingerprint density at radius 1 is 1.04 bits per heavy atom. The maximum atomic E-state index is 13.5. The van der Waals surface area contributed by atoms with Crippen LogP contribution in [0.5, 0.6) is 0 Å². The Morgan fingerprint density at radius 3 is 2.22 bits per heavy atom. The Morgan fingerprint density at radius 2 is 1.63 bits per heavy atom. The van der Waals surface area contributed by atoms with Crippen molar-refractivity contribution in [1.29, 1.82) is 0 Å². The summed E-state index contributed by atoms with van der Waals surface area (Å²) in [6, 6.07) is 0. The number of fused-ring (bicyclic) bond motifs is 1. The molecule has 1 aromatic carbocycles. The van der Waals surface area contributed by atoms with Crippen molar-refractivity contribution in [2.75, 3.05) is 5.73 Å². The topological polar surface area (TPSA) is 107 Å². The highest BCUT2D eigenvalue weighted by Gasteiger charge is 2.49. The van der Waals surface area contributed by atoms with Crippen LogP contribution in [0.15, 0.2) is 4.79 Å². The van der Waals surface area contributed by atoms with Crippen molar-refractivity contribution in [3.63, 3.8) is 0 Å². The number of piperidine rings is 1. The molecule has 2 amide bonds. The van der Waals surface area contributed by atoms with Crippen molar-refractivity contribution in [2.45, 2.75) is 24.0 Å². The van der Waals surface area contributed by atoms with E-state index in [0.29, 0.717) is 22.4 Å². The molecule has 1 aliphatic heterocycles. The predicted octanol–water partition coefficient (Wildman–Crippen LogP) is -8.22. The zero-order valence-electron chi connectivity index (χ0n) is 16.9. The minimum atomic E-state index is -1.24. The molecule has 2 heterocycles. The van der Waals surface area contributed by atoms with Gasteiger partial charge < -0.3 is 5.73 Å². The SMILES string of the molecule is Bc1c(B)c(N)c2c(=O)n(C3(B)CC(B)(B)C(=O)NC3=O)c(C)nc2c1B. The van der Waals surface area contributed by atoms with Gasteiger partial charge in [-0.05, 0) is 18.6 Å². The number of carbonyl (C=O) groups is 2. The fourth-order valence-electron chi connectivity index (χ4n) is 4.18. The molecule has 1 unspecified atom stereocenters. The van der Waals surface area contributed by atoms with E-state index in [1.165, 1.54) is 4.57 Å². The molecule has 3 rings (SSSR count). The molecule has 1 atom stereocenters. The van der Waals surface area contributed by atoms with Crippen LogP contribution in [0.1, 0.15) is 12.2 Å². The first-order valence-electron chi connectivity index (χ1n) is 8.98. The molecule has 0 spiro atoms. The number of benzene rings is 1. The molecule has 1 aromatic heterocycles. The van der Waals surface area contributed by atoms with E-state index >= 15 is 0 Å². The van der Waals surface area contributed by atoms with Crippen molar-refractivity contribution in [3.8, 4) is 0 Å². The lowest BCUT2D eigenvalue weighted by Crippen LogP contribution is -2.63. The Labute approximate surface area is 162 Å². The molecule has 0 bridgehead atoms. The number of nitrogens with two attached hydrogens (primary N) is 1. The van der Waals surface area contributed by atoms with Gasteiger partial charge in [0.15, 0.2) is 0 Å². The van der Waals surface area contributed by atoms with Crippen molar-refractivity contribution in [3.05, 3.63) is 16.2 Å². The van der Waals surface area contributed by atoms with Gasteiger partial charge in [-0.25, -0.2) is 4.98 Å². The number of nitrogen functional groups attached to an aromatic ring is 1. The zero-order valence-corrected chi connectivity index (χ0v) is 16.9. The number of carbonyl (C=O) groups excluding carboxylic acids is 2. The van der Waals surface area contributed by atoms with Crippen LogP contribution in [0.4, 0.5) is 5.69 Å². The predicted molar refractivity (Wildman–Crippen MR) is 124 cm³/mol. The maximum absolute atomic E-state index is 13.5. The van der Waals surface area contributed by atoms with Crippen LogP contribution < -0.4 is 33.0 Å². The van der Waals surface area contributed by atoms with Gasteiger partial charge in [0.1, 0.15) is 52.9 Å². The van der Waals surface area contributed by atoms with Crippen LogP contribution in [-0.2, 0) is 15.0 Å². The number of hydrogen-bond acceptors (Lipinski definition) is 5. The third-order valence-corrected chi connectivity index (χ3v) is 6.02. The zero-order chi connectivity index (χ0) is 20.5. The standard InChI is InChI=1S/C14H20B6N4O3/c1-3-22-9-4(8(21)6(16)5(15)7(9)17)10(25)24(3)14(20)2-13(18,19)11(26)23-12(14)27/h2,15-21H2,1H3,(H,23,26,27). The number of aryl methyl sites for hydroxylation is 1. The van der Waals surface area contributed by atoms with Gasteiger partial charge in [0.2, 0.25) is 11.8 Å². The largest absolute Gasteiger partial charge is 0.398 e. The number of hydrogen-bond donors (Lipinski definition) is 2. The molecule has 27 heavy (non-hydrogen) atoms. The highest BCUT2D eigenvalue weighted by molar-refractivity contribution is 6.61. The first-order valence-corrected chi connectivity index (χ1v) is 8.98. The van der Waals surface area contributed by atoms with Crippen molar-refractivity contribution in [1.82, 2.24) is 14.9 Å². The average molecular weight is 357 g/mol. The van der Waals surface area contributed by atoms with Gasteiger partial charge in [0.25, 0.3) is 5.56 Å². The molecule has 0 aliphatic carbocycles. The molecule has 1 saturated heterocycles. The second-order valence-corrected chi connectivity index (χ2v) is 8.43. The van der Waals surface area contributed by atoms with Crippen LogP contribution in [0, 0.1) is 6.92 Å². The molecule has 1 fully saturated rings. The number of amides is 2. The van der Waals surface area contributed by atoms with Gasteiger partial charge in [-0.2, -0.15) is 0 Å². The molecule has 1 aliphatic rings. The summed E-state index contributed by atoms with van der Waals surface area (Å²) in [6.45, 7) is 1.70. The van der Waals surface area contributed by atoms with Gasteiger partial charge in [-0.1, -0.05) is 16.4 Å². The number of aromatic nitrogens is 2. The Balaban J connectivity index is 2.42. The second-order valence-electron chi connectivity index (χ2n) is 8.43. The lowest BCUT2D eigenvalue weighted by atomic mass is 9.45. The molecule has 132 valence electrons. The highest BCUT2D eigenvalue weighted by Crippen LogP contribution is 2.36. The number of nitrogens with zero attached hydrogens (tertiary/aromatic N) is 2. The minimum Gasteiger partial charge on any atom is -0.398 e. The number of rotatable bonds is 1. The second kappa shape index (κ2) is 5.84. The first kappa shape index (κ1) is 19.5. The Bertz CT molecular complexity index is 1100. The van der Waals surface area contributed by atoms with Gasteiger partial charge in [-0.15, -0.1) is 0 Å². The summed E-state index contributed by atoms with van der Waals surface area (Å²) in [4.78, 5) is 43.1. The lowest BCUT2D eigenvalue weighted by molar-refractivity contribution is -0.138. The first-order chi connectivity index (χ1) is 12.3. The minimum absolute atomic E-state index is 0.197. The molecule has 2 aromatic rings. The lowest BCUT2D eigenvalue weighted by Gasteiger charge is -2.42. The quantitative estimate of drug-likeness (QED) is 0.300. The van der Waals surface area contributed by atoms with Gasteiger partial charge in [-0.3, -0.25) is 24.3 Å². The maximum Gasteiger partial charge on any atom is 0.263 e. The molecular formula is C14H20B6N4O3. The summed E-state index contributed by atoms with van der Waals surface area (Å²) < 4.78 is 1.39. The smallest absolute Gasteiger partial charge is 0.263 e. The van der Waals surface area contributed by atoms with Crippen LogP contribution >= 0.6 is 0 Å². The number of imide groups is 1. The van der Waals surface area contributed by atoms with Gasteiger partial charge in [0.05, 0.1) is 16.3 Å². The van der Waals surface area contributed by atoms with E-state index in [4.69, 9.17) is 5.73 Å². The molecule has 7 nitrogen and oxygen atoms in total. The van der Waals surface area contributed by atoms with E-state index in [0.717, 1.165) is 16.4 Å². The number of nitrogens with one attached hydrogen (secondary N) is 1. The van der Waals surface area contributed by atoms with E-state index in [9.17, 15) is 14.4 Å². The van der Waals surface area contributed by atoms with E-state index in [-0.39, 0.29) is 17.9 Å². The summed E-state index contributed by atoms with van der Waals surface area (Å²) in [5.41, 5.74) is 8.37. The molecule has 3 N–H and O–H groups in total. The molecule has 0 radical (unpaired) electrons. The normalized spacial score (nSPS) is 22.0. The van der Waals surface area contributed by atoms with Crippen LogP contribution in [0.3, 0.4) is 0 Å². The van der Waals surface area contributed by atoms with Crippen LogP contribution in [-0.4, -0.2) is 68.4 Å². The summed E-state index contributed by atoms with van der Waals surface area (Å²) >= 11 is 0. The van der Waals surface area contributed by atoms with E-state index in [1.54, 1.807) is 30.5 Å². The summed E-state index contributed by atoms with van der Waals surface area (Å²) in [5, 5.41) is 1.94. The fraction of sp³-hybridized carbons (Fsp3) is 0.286. The van der Waals surface area contributed by atoms with E-state index < -0.39 is 16.6 Å². The fourth-order valence-corrected chi connectivity index (χ4v) is 4.18. The van der Waals surface area contributed by atoms with E-state index in [1.807, 2.05) is 23.5 Å². The van der Waals surface area contributed by atoms with Gasteiger partial charge >= 0.3 is 0 Å². The third kappa shape index (κ3) is 2.58. The highest BCUT2D eigenvalue weighted by atomic mass is 16.2. The van der Waals surface area contributed by atoms with Crippen molar-refractivity contribution < 1.29 is 9.59 Å². The molecule has 0 saturated carbocycles. The summed E-state index contributed by atoms with van der Waals surface area (Å²) in [5.74, 6) is -0.426. The van der Waals surface area contributed by atoms with Gasteiger partial charge in [0, 0.05) is 5.69 Å². The molecular weight excluding hydrogens is 337 g/mol. The van der Waals surface area contributed by atoms with Crippen molar-refractivity contribution in [2.24, 2.45) is 0 Å². The molecule has 13 heteroatoms. The Hall–Kier alpha value is -2.31. The summed E-state index contributed by atoms with van der Waals surface area (Å²) in [7, 11) is 10.9. The monoisotopic (exact) mass is 358 g/mol. The Kier molecular flexibility index (Phi) is 4.21. The number of anilines is 1. The van der Waals surface area contributed by atoms with Crippen LogP contribution in [0.2, 0.25) is 5.21 Å². The summed E-state index contributed by atoms with van der Waals surface area (Å²) in [6.07, 6.45) is 0.197. The van der Waals surface area contributed by atoms with E-state index in [2.05, 4.69) is 10.3 Å². The average Bonchev–Trinajstić information content (AvgIpc) is 2.55.